The van der Waals surface area contributed by atoms with Gasteiger partial charge in [0.15, 0.2) is 17.2 Å². The van der Waals surface area contributed by atoms with E-state index in [9.17, 15) is 14.7 Å². The van der Waals surface area contributed by atoms with Crippen LogP contribution >= 0.6 is 0 Å². The number of esters is 1. The molecule has 0 atom stereocenters. The van der Waals surface area contributed by atoms with Crippen LogP contribution in [0.4, 0.5) is 11.4 Å². The number of aryl methyl sites for hydroxylation is 1. The average molecular weight is 491 g/mol. The number of nitrogens with one attached hydrogen (secondary N) is 2. The second-order valence-electron chi connectivity index (χ2n) is 7.91. The van der Waals surface area contributed by atoms with Crippen molar-refractivity contribution in [3.05, 3.63) is 71.5 Å². The molecule has 0 fully saturated rings. The van der Waals surface area contributed by atoms with Crippen LogP contribution in [0.25, 0.3) is 11.0 Å². The second-order valence-corrected chi connectivity index (χ2v) is 7.91. The number of benzene rings is 2. The summed E-state index contributed by atoms with van der Waals surface area (Å²) in [4.78, 5) is 30.2. The zero-order chi connectivity index (χ0) is 25.8. The molecule has 4 rings (SSSR count). The number of nitrogens with zero attached hydrogens (tertiary/aromatic N) is 2. The number of ether oxygens (including phenoxy) is 3. The van der Waals surface area contributed by atoms with Gasteiger partial charge < -0.3 is 34.5 Å². The molecule has 0 aliphatic rings. The minimum atomic E-state index is -0.605. The third-order valence-corrected chi connectivity index (χ3v) is 5.74. The van der Waals surface area contributed by atoms with Crippen molar-refractivity contribution >= 4 is 34.3 Å². The number of aromatic hydroxyl groups is 1. The summed E-state index contributed by atoms with van der Waals surface area (Å²) in [6.07, 6.45) is 1.64. The zero-order valence-electron chi connectivity index (χ0n) is 20.3. The Hall–Kier alpha value is -4.73. The van der Waals surface area contributed by atoms with E-state index in [4.69, 9.17) is 14.2 Å². The maximum absolute atomic E-state index is 13.0. The van der Waals surface area contributed by atoms with E-state index in [1.54, 1.807) is 73.5 Å². The molecule has 4 aromatic rings. The van der Waals surface area contributed by atoms with Crippen molar-refractivity contribution in [2.45, 2.75) is 6.54 Å². The van der Waals surface area contributed by atoms with Crippen LogP contribution in [0.1, 0.15) is 26.4 Å². The summed E-state index contributed by atoms with van der Waals surface area (Å²) in [7, 11) is 5.99. The number of aromatic nitrogens is 2. The molecule has 3 N–H and O–H groups in total. The number of methoxy groups -OCH3 is 3. The number of fused-ring (bicyclic) bond motifs is 1. The summed E-state index contributed by atoms with van der Waals surface area (Å²) in [6.45, 7) is 0.425. The molecule has 0 radical (unpaired) electrons. The molecule has 0 bridgehead atoms. The minimum Gasteiger partial charge on any atom is -0.504 e. The van der Waals surface area contributed by atoms with Crippen molar-refractivity contribution in [2.24, 2.45) is 7.05 Å². The first-order valence-corrected chi connectivity index (χ1v) is 11.0. The number of carbonyl (C=O) groups excluding carboxylic acids is 2. The van der Waals surface area contributed by atoms with Gasteiger partial charge in [0, 0.05) is 24.5 Å². The fourth-order valence-corrected chi connectivity index (χ4v) is 3.83. The summed E-state index contributed by atoms with van der Waals surface area (Å²) < 4.78 is 16.9. The van der Waals surface area contributed by atoms with Crippen molar-refractivity contribution in [2.75, 3.05) is 32.0 Å². The Morgan fingerprint density at radius 3 is 2.44 bits per heavy atom. The van der Waals surface area contributed by atoms with Gasteiger partial charge in [0.05, 0.1) is 38.9 Å². The largest absolute Gasteiger partial charge is 0.504 e. The molecule has 10 heteroatoms. The first kappa shape index (κ1) is 24.4. The quantitative estimate of drug-likeness (QED) is 0.317. The maximum Gasteiger partial charge on any atom is 0.356 e. The fraction of sp³-hybridized carbons (Fsp3) is 0.192. The number of rotatable bonds is 8. The second kappa shape index (κ2) is 10.3. The Morgan fingerprint density at radius 2 is 1.78 bits per heavy atom. The highest BCUT2D eigenvalue weighted by molar-refractivity contribution is 6.14. The van der Waals surface area contributed by atoms with Crippen LogP contribution in [-0.2, 0) is 18.3 Å². The molecule has 186 valence electrons. The maximum atomic E-state index is 13.0. The number of pyridine rings is 1. The first-order chi connectivity index (χ1) is 17.4. The fourth-order valence-electron chi connectivity index (χ4n) is 3.83. The zero-order valence-corrected chi connectivity index (χ0v) is 20.3. The van der Waals surface area contributed by atoms with Gasteiger partial charge in [0.25, 0.3) is 5.91 Å². The topological polar surface area (TPSA) is 124 Å². The molecule has 10 nitrogen and oxygen atoms in total. The van der Waals surface area contributed by atoms with Gasteiger partial charge >= 0.3 is 5.97 Å². The van der Waals surface area contributed by atoms with Gasteiger partial charge in [-0.25, -0.2) is 9.78 Å². The molecule has 0 aliphatic heterocycles. The molecule has 0 saturated heterocycles. The van der Waals surface area contributed by atoms with Crippen LogP contribution in [-0.4, -0.2) is 47.9 Å². The average Bonchev–Trinajstić information content (AvgIpc) is 3.18. The summed E-state index contributed by atoms with van der Waals surface area (Å²) in [5.41, 5.74) is 2.90. The Kier molecular flexibility index (Phi) is 6.95. The third kappa shape index (κ3) is 4.74. The van der Waals surface area contributed by atoms with Crippen LogP contribution in [0, 0.1) is 0 Å². The Balaban J connectivity index is 1.68. The van der Waals surface area contributed by atoms with Crippen molar-refractivity contribution in [3.63, 3.8) is 0 Å². The Labute approximate surface area is 207 Å². The molecule has 0 unspecified atom stereocenters. The number of hydrogen-bond donors (Lipinski definition) is 3. The third-order valence-electron chi connectivity index (χ3n) is 5.74. The monoisotopic (exact) mass is 490 g/mol. The molecule has 0 aliphatic carbocycles. The summed E-state index contributed by atoms with van der Waals surface area (Å²) in [5.74, 6) is 0.0487. The van der Waals surface area contributed by atoms with Crippen molar-refractivity contribution in [3.8, 4) is 17.2 Å². The van der Waals surface area contributed by atoms with E-state index >= 15 is 0 Å². The highest BCUT2D eigenvalue weighted by Crippen LogP contribution is 2.33. The summed E-state index contributed by atoms with van der Waals surface area (Å²) >= 11 is 0. The van der Waals surface area contributed by atoms with Gasteiger partial charge in [-0.05, 0) is 48.0 Å². The van der Waals surface area contributed by atoms with E-state index in [-0.39, 0.29) is 11.4 Å². The highest BCUT2D eigenvalue weighted by Gasteiger charge is 2.25. The molecule has 1 amide bonds. The molecule has 36 heavy (non-hydrogen) atoms. The number of carbonyl (C=O) groups is 2. The molecule has 0 spiro atoms. The number of phenols is 1. The van der Waals surface area contributed by atoms with Gasteiger partial charge in [0.2, 0.25) is 0 Å². The number of hydrogen-bond acceptors (Lipinski definition) is 8. The molecular formula is C26H26N4O6. The standard InChI is InChI=1S/C26H26N4O6/c1-30-23(26(33)36-4)22(29-25(32)16-6-8-18(34-2)9-7-16)19-12-17(14-28-24(19)30)27-13-15-5-10-20(31)21(11-15)35-3/h5-12,14,27,31H,13H2,1-4H3,(H,29,32). The van der Waals surface area contributed by atoms with E-state index in [1.165, 1.54) is 14.2 Å². The number of anilines is 2. The van der Waals surface area contributed by atoms with Crippen molar-refractivity contribution < 1.29 is 28.9 Å². The summed E-state index contributed by atoms with van der Waals surface area (Å²) in [6, 6.07) is 13.5. The lowest BCUT2D eigenvalue weighted by atomic mass is 10.1. The minimum absolute atomic E-state index is 0.0567. The van der Waals surface area contributed by atoms with Gasteiger partial charge in [-0.2, -0.15) is 0 Å². The normalized spacial score (nSPS) is 10.7. The molecule has 2 aromatic heterocycles. The van der Waals surface area contributed by atoms with E-state index in [0.29, 0.717) is 46.0 Å². The first-order valence-electron chi connectivity index (χ1n) is 11.0. The van der Waals surface area contributed by atoms with Gasteiger partial charge in [0.1, 0.15) is 11.4 Å². The Bertz CT molecular complexity index is 1430. The molecule has 0 saturated carbocycles. The lowest BCUT2D eigenvalue weighted by Crippen LogP contribution is -2.16. The van der Waals surface area contributed by atoms with Gasteiger partial charge in [-0.1, -0.05) is 6.07 Å². The lowest BCUT2D eigenvalue weighted by molar-refractivity contribution is 0.0591. The Morgan fingerprint density at radius 1 is 1.03 bits per heavy atom. The van der Waals surface area contributed by atoms with Crippen molar-refractivity contribution in [1.29, 1.82) is 0 Å². The SMILES string of the molecule is COC(=O)c1c(NC(=O)c2ccc(OC)cc2)c2cc(NCc3ccc(O)c(OC)c3)cnc2n1C. The summed E-state index contributed by atoms with van der Waals surface area (Å²) in [5, 5.41) is 16.5. The predicted molar refractivity (Wildman–Crippen MR) is 135 cm³/mol. The van der Waals surface area contributed by atoms with Crippen LogP contribution in [0.3, 0.4) is 0 Å². The predicted octanol–water partition coefficient (Wildman–Crippen LogP) is 3.95. The van der Waals surface area contributed by atoms with Crippen LogP contribution in [0.5, 0.6) is 17.2 Å². The van der Waals surface area contributed by atoms with Crippen LogP contribution < -0.4 is 20.1 Å². The van der Waals surface area contributed by atoms with Crippen LogP contribution in [0.2, 0.25) is 0 Å². The van der Waals surface area contributed by atoms with Crippen LogP contribution in [0.15, 0.2) is 54.7 Å². The molecule has 2 aromatic carbocycles. The smallest absolute Gasteiger partial charge is 0.356 e. The van der Waals surface area contributed by atoms with Gasteiger partial charge in [-0.15, -0.1) is 0 Å². The van der Waals surface area contributed by atoms with E-state index in [0.717, 1.165) is 5.56 Å². The highest BCUT2D eigenvalue weighted by atomic mass is 16.5. The number of phenolic OH excluding ortho intramolecular Hbond substituents is 1. The van der Waals surface area contributed by atoms with Crippen molar-refractivity contribution in [1.82, 2.24) is 9.55 Å². The lowest BCUT2D eigenvalue weighted by Gasteiger charge is -2.10. The molecular weight excluding hydrogens is 464 g/mol. The molecule has 2 heterocycles. The van der Waals surface area contributed by atoms with E-state index in [2.05, 4.69) is 15.6 Å². The van der Waals surface area contributed by atoms with E-state index in [1.807, 2.05) is 0 Å². The van der Waals surface area contributed by atoms with E-state index < -0.39 is 11.9 Å². The van der Waals surface area contributed by atoms with Gasteiger partial charge in [-0.3, -0.25) is 4.79 Å². The number of amides is 1.